The molecule has 1 atom stereocenters. The standard InChI is InChI=1S/C14H20FNO4S2/c1-21(17,18)13-8-11(6-10-4-3-5-16-9-10)7-12(15)14(13)22(2,19)20/h7-8,10,16H,3-6,9H2,1-2H3. The van der Waals surface area contributed by atoms with Gasteiger partial charge < -0.3 is 5.32 Å². The van der Waals surface area contributed by atoms with Gasteiger partial charge in [0.2, 0.25) is 0 Å². The van der Waals surface area contributed by atoms with Crippen molar-refractivity contribution in [1.82, 2.24) is 5.32 Å². The normalized spacial score (nSPS) is 20.0. The second kappa shape index (κ2) is 6.25. The molecule has 0 aromatic heterocycles. The molecule has 0 amide bonds. The molecular formula is C14H20FNO4S2. The Hall–Kier alpha value is -0.990. The molecule has 1 aliphatic rings. The van der Waals surface area contributed by atoms with Crippen LogP contribution in [0.3, 0.4) is 0 Å². The topological polar surface area (TPSA) is 80.3 Å². The zero-order valence-corrected chi connectivity index (χ0v) is 14.2. The maximum atomic E-state index is 14.2. The number of hydrogen-bond acceptors (Lipinski definition) is 5. The van der Waals surface area contributed by atoms with E-state index >= 15 is 0 Å². The van der Waals surface area contributed by atoms with E-state index in [0.29, 0.717) is 17.9 Å². The summed E-state index contributed by atoms with van der Waals surface area (Å²) in [4.78, 5) is -1.19. The number of sulfone groups is 2. The van der Waals surface area contributed by atoms with Gasteiger partial charge in [0.15, 0.2) is 19.7 Å². The zero-order chi connectivity index (χ0) is 16.5. The maximum absolute atomic E-state index is 14.2. The summed E-state index contributed by atoms with van der Waals surface area (Å²) in [5.74, 6) is -0.700. The molecule has 1 aromatic rings. The molecular weight excluding hydrogens is 329 g/mol. The summed E-state index contributed by atoms with van der Waals surface area (Å²) in [6, 6.07) is 2.43. The van der Waals surface area contributed by atoms with E-state index in [2.05, 4.69) is 5.32 Å². The number of piperidine rings is 1. The van der Waals surface area contributed by atoms with Crippen molar-refractivity contribution in [2.45, 2.75) is 29.1 Å². The first kappa shape index (κ1) is 17.4. The Labute approximate surface area is 130 Å². The minimum atomic E-state index is -3.96. The van der Waals surface area contributed by atoms with Gasteiger partial charge in [-0.1, -0.05) is 0 Å². The number of benzene rings is 1. The van der Waals surface area contributed by atoms with Gasteiger partial charge >= 0.3 is 0 Å². The lowest BCUT2D eigenvalue weighted by molar-refractivity contribution is 0.375. The molecule has 1 N–H and O–H groups in total. The highest BCUT2D eigenvalue weighted by molar-refractivity contribution is 7.93. The molecule has 1 aliphatic heterocycles. The molecule has 1 saturated heterocycles. The third-order valence-electron chi connectivity index (χ3n) is 3.76. The van der Waals surface area contributed by atoms with Crippen LogP contribution in [0.25, 0.3) is 0 Å². The Morgan fingerprint density at radius 1 is 1.18 bits per heavy atom. The first-order valence-electron chi connectivity index (χ1n) is 7.02. The Morgan fingerprint density at radius 3 is 2.36 bits per heavy atom. The van der Waals surface area contributed by atoms with Crippen molar-refractivity contribution in [1.29, 1.82) is 0 Å². The van der Waals surface area contributed by atoms with Crippen LogP contribution in [-0.4, -0.2) is 42.4 Å². The quantitative estimate of drug-likeness (QED) is 0.883. The monoisotopic (exact) mass is 349 g/mol. The Balaban J connectivity index is 2.49. The number of halogens is 1. The van der Waals surface area contributed by atoms with Crippen molar-refractivity contribution in [2.24, 2.45) is 5.92 Å². The van der Waals surface area contributed by atoms with Crippen LogP contribution >= 0.6 is 0 Å². The summed E-state index contributed by atoms with van der Waals surface area (Å²) in [6.07, 6.45) is 4.23. The summed E-state index contributed by atoms with van der Waals surface area (Å²) in [5, 5.41) is 3.24. The molecule has 0 bridgehead atoms. The van der Waals surface area contributed by atoms with Gasteiger partial charge in [-0.15, -0.1) is 0 Å². The van der Waals surface area contributed by atoms with Gasteiger partial charge in [0.25, 0.3) is 0 Å². The summed E-state index contributed by atoms with van der Waals surface area (Å²) in [7, 11) is -7.80. The van der Waals surface area contributed by atoms with E-state index in [0.717, 1.165) is 44.5 Å². The van der Waals surface area contributed by atoms with Gasteiger partial charge in [0.1, 0.15) is 10.7 Å². The molecule has 1 heterocycles. The minimum absolute atomic E-state index is 0.296. The summed E-state index contributed by atoms with van der Waals surface area (Å²) in [6.45, 7) is 1.75. The Kier molecular flexibility index (Phi) is 4.93. The Bertz CT molecular complexity index is 766. The van der Waals surface area contributed by atoms with Gasteiger partial charge in [-0.2, -0.15) is 0 Å². The lowest BCUT2D eigenvalue weighted by atomic mass is 9.92. The predicted molar refractivity (Wildman–Crippen MR) is 81.9 cm³/mol. The third-order valence-corrected chi connectivity index (χ3v) is 6.17. The molecule has 5 nitrogen and oxygen atoms in total. The fourth-order valence-electron chi connectivity index (χ4n) is 2.81. The van der Waals surface area contributed by atoms with Gasteiger partial charge in [-0.25, -0.2) is 21.2 Å². The molecule has 1 aromatic carbocycles. The highest BCUT2D eigenvalue weighted by atomic mass is 32.2. The van der Waals surface area contributed by atoms with Gasteiger partial charge in [-0.3, -0.25) is 0 Å². The second-order valence-corrected chi connectivity index (χ2v) is 9.80. The Morgan fingerprint density at radius 2 is 1.86 bits per heavy atom. The third kappa shape index (κ3) is 4.05. The molecule has 8 heteroatoms. The molecule has 2 rings (SSSR count). The minimum Gasteiger partial charge on any atom is -0.316 e. The smallest absolute Gasteiger partial charge is 0.179 e. The summed E-state index contributed by atoms with van der Waals surface area (Å²) >= 11 is 0. The number of hydrogen-bond donors (Lipinski definition) is 1. The van der Waals surface area contributed by atoms with Crippen LogP contribution in [0.5, 0.6) is 0 Å². The van der Waals surface area contributed by atoms with Crippen molar-refractivity contribution < 1.29 is 21.2 Å². The van der Waals surface area contributed by atoms with Crippen LogP contribution in [0.1, 0.15) is 18.4 Å². The van der Waals surface area contributed by atoms with E-state index in [-0.39, 0.29) is 0 Å². The van der Waals surface area contributed by atoms with Crippen molar-refractivity contribution in [3.63, 3.8) is 0 Å². The van der Waals surface area contributed by atoms with Crippen LogP contribution in [-0.2, 0) is 26.1 Å². The average Bonchev–Trinajstić information content (AvgIpc) is 2.36. The van der Waals surface area contributed by atoms with Crippen LogP contribution in [0.2, 0.25) is 0 Å². The van der Waals surface area contributed by atoms with Crippen molar-refractivity contribution >= 4 is 19.7 Å². The van der Waals surface area contributed by atoms with Crippen LogP contribution in [0.15, 0.2) is 21.9 Å². The highest BCUT2D eigenvalue weighted by Crippen LogP contribution is 2.28. The van der Waals surface area contributed by atoms with Crippen molar-refractivity contribution in [3.8, 4) is 0 Å². The molecule has 1 fully saturated rings. The largest absolute Gasteiger partial charge is 0.316 e. The molecule has 0 radical (unpaired) electrons. The molecule has 124 valence electrons. The first-order valence-corrected chi connectivity index (χ1v) is 10.8. The highest BCUT2D eigenvalue weighted by Gasteiger charge is 2.26. The van der Waals surface area contributed by atoms with E-state index in [1.54, 1.807) is 0 Å². The van der Waals surface area contributed by atoms with Crippen LogP contribution in [0, 0.1) is 11.7 Å². The fourth-order valence-corrected chi connectivity index (χ4v) is 5.35. The molecule has 22 heavy (non-hydrogen) atoms. The van der Waals surface area contributed by atoms with Crippen LogP contribution in [0.4, 0.5) is 4.39 Å². The average molecular weight is 349 g/mol. The molecule has 0 spiro atoms. The molecule has 0 saturated carbocycles. The van der Waals surface area contributed by atoms with Crippen LogP contribution < -0.4 is 5.32 Å². The van der Waals surface area contributed by atoms with Crippen molar-refractivity contribution in [2.75, 3.05) is 25.6 Å². The van der Waals surface area contributed by atoms with E-state index < -0.39 is 35.3 Å². The molecule has 1 unspecified atom stereocenters. The second-order valence-electron chi connectivity index (χ2n) is 5.87. The number of nitrogens with one attached hydrogen (secondary N) is 1. The van der Waals surface area contributed by atoms with Gasteiger partial charge in [0, 0.05) is 12.5 Å². The van der Waals surface area contributed by atoms with Gasteiger partial charge in [-0.05, 0) is 56.0 Å². The lowest BCUT2D eigenvalue weighted by Crippen LogP contribution is -2.30. The zero-order valence-electron chi connectivity index (χ0n) is 12.6. The molecule has 0 aliphatic carbocycles. The lowest BCUT2D eigenvalue weighted by Gasteiger charge is -2.23. The fraction of sp³-hybridized carbons (Fsp3) is 0.571. The van der Waals surface area contributed by atoms with E-state index in [1.807, 2.05) is 0 Å². The summed E-state index contributed by atoms with van der Waals surface area (Å²) < 4.78 is 61.4. The van der Waals surface area contributed by atoms with Crippen molar-refractivity contribution in [3.05, 3.63) is 23.5 Å². The predicted octanol–water partition coefficient (Wildman–Crippen LogP) is 1.17. The van der Waals surface area contributed by atoms with E-state index in [1.165, 1.54) is 6.07 Å². The first-order chi connectivity index (χ1) is 10.1. The SMILES string of the molecule is CS(=O)(=O)c1cc(CC2CCCNC2)cc(F)c1S(C)(=O)=O. The maximum Gasteiger partial charge on any atom is 0.179 e. The number of rotatable bonds is 4. The summed E-state index contributed by atoms with van der Waals surface area (Å²) in [5.41, 5.74) is 0.513. The van der Waals surface area contributed by atoms with Gasteiger partial charge in [0.05, 0.1) is 4.90 Å². The van der Waals surface area contributed by atoms with E-state index in [9.17, 15) is 21.2 Å². The van der Waals surface area contributed by atoms with E-state index in [4.69, 9.17) is 0 Å².